The summed E-state index contributed by atoms with van der Waals surface area (Å²) in [5, 5.41) is 24.5. The first kappa shape index (κ1) is 22.4. The number of hydrogen-bond acceptors (Lipinski definition) is 5. The summed E-state index contributed by atoms with van der Waals surface area (Å²) in [5.74, 6) is 0.533. The molecule has 1 spiro atoms. The number of carbonyl (C=O) groups is 1. The summed E-state index contributed by atoms with van der Waals surface area (Å²) < 4.78 is 5.36. The summed E-state index contributed by atoms with van der Waals surface area (Å²) in [6.07, 6.45) is 0.877. The fourth-order valence-corrected chi connectivity index (χ4v) is 5.67. The lowest BCUT2D eigenvalue weighted by Crippen LogP contribution is -2.49. The summed E-state index contributed by atoms with van der Waals surface area (Å²) in [7, 11) is 1.55. The number of amides is 1. The quantitative estimate of drug-likeness (QED) is 0.542. The number of rotatable bonds is 5. The standard InChI is InChI=1S/C28H30N2O4/c1-34-24-12-5-3-10-22(24)27(33)29-25-21-9-2-4-11-23(21)28(26(25)32)13-15-30(16-14-28)18-19-7-6-8-20(31)17-19/h2-12,17,25-26,31-32H,13-16,18H2,1H3,(H,29,33)/t25-,26+/m0/s1. The summed E-state index contributed by atoms with van der Waals surface area (Å²) in [5.41, 5.74) is 3.25. The maximum Gasteiger partial charge on any atom is 0.255 e. The van der Waals surface area contributed by atoms with Gasteiger partial charge in [0.25, 0.3) is 5.91 Å². The number of phenolic OH excluding ortho intramolecular Hbond substituents is 1. The molecule has 34 heavy (non-hydrogen) atoms. The number of benzene rings is 3. The van der Waals surface area contributed by atoms with E-state index in [1.807, 2.05) is 36.4 Å². The van der Waals surface area contributed by atoms with Crippen molar-refractivity contribution in [2.75, 3.05) is 20.2 Å². The van der Waals surface area contributed by atoms with Crippen LogP contribution in [0.5, 0.6) is 11.5 Å². The highest BCUT2D eigenvalue weighted by Crippen LogP contribution is 2.51. The highest BCUT2D eigenvalue weighted by atomic mass is 16.5. The van der Waals surface area contributed by atoms with E-state index in [2.05, 4.69) is 16.3 Å². The van der Waals surface area contributed by atoms with Gasteiger partial charge in [-0.05, 0) is 66.9 Å². The summed E-state index contributed by atoms with van der Waals surface area (Å²) >= 11 is 0. The van der Waals surface area contributed by atoms with E-state index in [0.717, 1.165) is 49.2 Å². The normalized spacial score (nSPS) is 21.2. The number of para-hydroxylation sites is 1. The van der Waals surface area contributed by atoms with E-state index < -0.39 is 17.6 Å². The highest BCUT2D eigenvalue weighted by Gasteiger charge is 2.53. The van der Waals surface area contributed by atoms with Gasteiger partial charge in [0.05, 0.1) is 24.8 Å². The molecule has 1 aliphatic heterocycles. The largest absolute Gasteiger partial charge is 0.508 e. The van der Waals surface area contributed by atoms with Crippen molar-refractivity contribution in [3.8, 4) is 11.5 Å². The van der Waals surface area contributed by atoms with Crippen molar-refractivity contribution in [2.24, 2.45) is 0 Å². The number of aliphatic hydroxyl groups excluding tert-OH is 1. The molecule has 3 aromatic carbocycles. The van der Waals surface area contributed by atoms with Gasteiger partial charge in [-0.25, -0.2) is 0 Å². The van der Waals surface area contributed by atoms with Crippen LogP contribution in [0.15, 0.2) is 72.8 Å². The Morgan fingerprint density at radius 1 is 1.06 bits per heavy atom. The third-order valence-electron chi connectivity index (χ3n) is 7.42. The Morgan fingerprint density at radius 2 is 1.79 bits per heavy atom. The molecule has 1 heterocycles. The molecule has 2 atom stereocenters. The minimum Gasteiger partial charge on any atom is -0.508 e. The van der Waals surface area contributed by atoms with Gasteiger partial charge in [-0.3, -0.25) is 9.69 Å². The van der Waals surface area contributed by atoms with Gasteiger partial charge in [-0.1, -0.05) is 48.5 Å². The molecule has 1 amide bonds. The number of fused-ring (bicyclic) bond motifs is 2. The van der Waals surface area contributed by atoms with Gasteiger partial charge in [0.15, 0.2) is 0 Å². The van der Waals surface area contributed by atoms with Crippen molar-refractivity contribution in [1.82, 2.24) is 10.2 Å². The minimum absolute atomic E-state index is 0.255. The van der Waals surface area contributed by atoms with E-state index >= 15 is 0 Å². The van der Waals surface area contributed by atoms with E-state index in [-0.39, 0.29) is 11.7 Å². The molecule has 3 aromatic rings. The molecular formula is C28H30N2O4. The Kier molecular flexibility index (Phi) is 6.02. The van der Waals surface area contributed by atoms with Crippen LogP contribution >= 0.6 is 0 Å². The van der Waals surface area contributed by atoms with Gasteiger partial charge in [-0.2, -0.15) is 0 Å². The van der Waals surface area contributed by atoms with Crippen molar-refractivity contribution in [3.63, 3.8) is 0 Å². The molecule has 2 aliphatic rings. The van der Waals surface area contributed by atoms with Gasteiger partial charge >= 0.3 is 0 Å². The van der Waals surface area contributed by atoms with Crippen molar-refractivity contribution >= 4 is 5.91 Å². The van der Waals surface area contributed by atoms with Crippen LogP contribution in [0.4, 0.5) is 0 Å². The van der Waals surface area contributed by atoms with Crippen LogP contribution in [-0.2, 0) is 12.0 Å². The molecule has 6 nitrogen and oxygen atoms in total. The third kappa shape index (κ3) is 3.93. The Labute approximate surface area is 199 Å². The molecular weight excluding hydrogens is 428 g/mol. The van der Waals surface area contributed by atoms with Crippen molar-refractivity contribution in [2.45, 2.75) is 36.9 Å². The average Bonchev–Trinajstić information content (AvgIpc) is 3.08. The molecule has 0 unspecified atom stereocenters. The Balaban J connectivity index is 1.36. The molecule has 0 radical (unpaired) electrons. The van der Waals surface area contributed by atoms with Crippen molar-refractivity contribution in [3.05, 3.63) is 95.1 Å². The number of phenols is 1. The Bertz CT molecular complexity index is 1190. The predicted octanol–water partition coefficient (Wildman–Crippen LogP) is 3.78. The van der Waals surface area contributed by atoms with Crippen LogP contribution in [0, 0.1) is 0 Å². The number of aliphatic hydroxyl groups is 1. The number of carbonyl (C=O) groups excluding carboxylic acids is 1. The van der Waals surface area contributed by atoms with Crippen molar-refractivity contribution in [1.29, 1.82) is 0 Å². The lowest BCUT2D eigenvalue weighted by Gasteiger charge is -2.43. The molecule has 176 valence electrons. The number of nitrogens with zero attached hydrogens (tertiary/aromatic N) is 1. The molecule has 0 bridgehead atoms. The molecule has 1 saturated heterocycles. The van der Waals surface area contributed by atoms with Gasteiger partial charge in [0.2, 0.25) is 0 Å². The average molecular weight is 459 g/mol. The van der Waals surface area contributed by atoms with Crippen molar-refractivity contribution < 1.29 is 19.7 Å². The van der Waals surface area contributed by atoms with E-state index in [1.165, 1.54) is 0 Å². The number of likely N-dealkylation sites (tertiary alicyclic amines) is 1. The predicted molar refractivity (Wildman–Crippen MR) is 130 cm³/mol. The fraction of sp³-hybridized carbons (Fsp3) is 0.321. The lowest BCUT2D eigenvalue weighted by molar-refractivity contribution is 0.0192. The molecule has 3 N–H and O–H groups in total. The minimum atomic E-state index is -0.716. The topological polar surface area (TPSA) is 82.0 Å². The zero-order chi connectivity index (χ0) is 23.7. The molecule has 0 aromatic heterocycles. The second kappa shape index (κ2) is 9.12. The molecule has 6 heteroatoms. The number of methoxy groups -OCH3 is 1. The highest BCUT2D eigenvalue weighted by molar-refractivity contribution is 5.97. The zero-order valence-corrected chi connectivity index (χ0v) is 19.3. The number of nitrogens with one attached hydrogen (secondary N) is 1. The molecule has 1 fully saturated rings. The number of hydrogen-bond donors (Lipinski definition) is 3. The lowest BCUT2D eigenvalue weighted by atomic mass is 9.72. The Hall–Kier alpha value is -3.35. The number of aromatic hydroxyl groups is 1. The van der Waals surface area contributed by atoms with Gasteiger partial charge in [-0.15, -0.1) is 0 Å². The van der Waals surface area contributed by atoms with Gasteiger partial charge in [0.1, 0.15) is 11.5 Å². The second-order valence-electron chi connectivity index (χ2n) is 9.29. The van der Waals surface area contributed by atoms with Crippen LogP contribution in [0.1, 0.15) is 45.9 Å². The monoisotopic (exact) mass is 458 g/mol. The third-order valence-corrected chi connectivity index (χ3v) is 7.42. The maximum absolute atomic E-state index is 13.2. The van der Waals surface area contributed by atoms with Crippen LogP contribution in [-0.4, -0.2) is 47.3 Å². The zero-order valence-electron chi connectivity index (χ0n) is 19.3. The summed E-state index contributed by atoms with van der Waals surface area (Å²) in [6.45, 7) is 2.42. The van der Waals surface area contributed by atoms with E-state index in [1.54, 1.807) is 37.4 Å². The van der Waals surface area contributed by atoms with Crippen LogP contribution in [0.3, 0.4) is 0 Å². The van der Waals surface area contributed by atoms with Crippen LogP contribution < -0.4 is 10.1 Å². The van der Waals surface area contributed by atoms with Crippen LogP contribution in [0.25, 0.3) is 0 Å². The molecule has 5 rings (SSSR count). The molecule has 0 saturated carbocycles. The van der Waals surface area contributed by atoms with Crippen LogP contribution in [0.2, 0.25) is 0 Å². The Morgan fingerprint density at radius 3 is 2.56 bits per heavy atom. The summed E-state index contributed by atoms with van der Waals surface area (Å²) in [6, 6.07) is 22.1. The first-order chi connectivity index (χ1) is 16.5. The summed E-state index contributed by atoms with van der Waals surface area (Å²) in [4.78, 5) is 15.5. The van der Waals surface area contributed by atoms with E-state index in [4.69, 9.17) is 4.74 Å². The second-order valence-corrected chi connectivity index (χ2v) is 9.29. The van der Waals surface area contributed by atoms with E-state index in [9.17, 15) is 15.0 Å². The maximum atomic E-state index is 13.2. The smallest absolute Gasteiger partial charge is 0.255 e. The van der Waals surface area contributed by atoms with Gasteiger partial charge in [0, 0.05) is 12.0 Å². The SMILES string of the molecule is COc1ccccc1C(=O)N[C@H]1c2ccccc2C2(CCN(Cc3cccc(O)c3)CC2)[C@@H]1O. The number of piperidine rings is 1. The van der Waals surface area contributed by atoms with E-state index in [0.29, 0.717) is 11.3 Å². The molecule has 1 aliphatic carbocycles. The van der Waals surface area contributed by atoms with Gasteiger partial charge < -0.3 is 20.3 Å². The fourth-order valence-electron chi connectivity index (χ4n) is 5.67. The first-order valence-electron chi connectivity index (χ1n) is 11.7. The number of ether oxygens (including phenoxy) is 1. The first-order valence-corrected chi connectivity index (χ1v) is 11.7.